The predicted octanol–water partition coefficient (Wildman–Crippen LogP) is 0.881. The number of hydrogen-bond acceptors (Lipinski definition) is 5. The molecule has 0 aliphatic heterocycles. The monoisotopic (exact) mass is 282 g/mol. The highest BCUT2D eigenvalue weighted by Gasteiger charge is 2.05. The molecule has 0 saturated carbocycles. The standard InChI is InChI=1S/C9H11BrN6/c1-15(2)5-8-12-6-16(14-8)9-4-11-3-7(10)13-9/h3-4,6H,5H2,1-2H3. The Kier molecular flexibility index (Phi) is 3.25. The first-order valence-electron chi connectivity index (χ1n) is 4.68. The maximum atomic E-state index is 4.30. The van der Waals surface area contributed by atoms with Crippen molar-refractivity contribution in [2.24, 2.45) is 0 Å². The summed E-state index contributed by atoms with van der Waals surface area (Å²) in [7, 11) is 3.94. The third kappa shape index (κ3) is 2.61. The van der Waals surface area contributed by atoms with Crippen LogP contribution in [-0.4, -0.2) is 43.7 Å². The maximum Gasteiger partial charge on any atom is 0.174 e. The zero-order valence-electron chi connectivity index (χ0n) is 9.00. The van der Waals surface area contributed by atoms with E-state index in [4.69, 9.17) is 0 Å². The Hall–Kier alpha value is -1.34. The molecule has 2 aromatic rings. The van der Waals surface area contributed by atoms with Gasteiger partial charge in [-0.2, -0.15) is 0 Å². The normalized spacial score (nSPS) is 11.0. The fraction of sp³-hybridized carbons (Fsp3) is 0.333. The lowest BCUT2D eigenvalue weighted by Gasteiger charge is -2.04. The van der Waals surface area contributed by atoms with E-state index in [0.717, 1.165) is 5.82 Å². The largest absolute Gasteiger partial charge is 0.302 e. The van der Waals surface area contributed by atoms with Crippen LogP contribution in [0.1, 0.15) is 5.82 Å². The summed E-state index contributed by atoms with van der Waals surface area (Å²) in [6, 6.07) is 0. The van der Waals surface area contributed by atoms with Crippen molar-refractivity contribution in [3.05, 3.63) is 29.1 Å². The number of aromatic nitrogens is 5. The second-order valence-electron chi connectivity index (χ2n) is 3.54. The summed E-state index contributed by atoms with van der Waals surface area (Å²) < 4.78 is 2.28. The molecule has 2 aromatic heterocycles. The maximum absolute atomic E-state index is 4.30. The Morgan fingerprint density at radius 2 is 2.19 bits per heavy atom. The van der Waals surface area contributed by atoms with Crippen LogP contribution in [-0.2, 0) is 6.54 Å². The molecule has 16 heavy (non-hydrogen) atoms. The van der Waals surface area contributed by atoms with Crippen LogP contribution in [0.3, 0.4) is 0 Å². The SMILES string of the molecule is CN(C)Cc1ncn(-c2cncc(Br)n2)n1. The van der Waals surface area contributed by atoms with Crippen molar-refractivity contribution in [1.29, 1.82) is 0 Å². The van der Waals surface area contributed by atoms with Crippen molar-refractivity contribution >= 4 is 15.9 Å². The Balaban J connectivity index is 2.24. The molecule has 0 spiro atoms. The van der Waals surface area contributed by atoms with E-state index in [2.05, 4.69) is 36.0 Å². The first-order chi connectivity index (χ1) is 7.65. The summed E-state index contributed by atoms with van der Waals surface area (Å²) in [5.74, 6) is 1.40. The minimum atomic E-state index is 0.645. The molecule has 7 heteroatoms. The highest BCUT2D eigenvalue weighted by Crippen LogP contribution is 2.07. The van der Waals surface area contributed by atoms with Crippen LogP contribution in [0.15, 0.2) is 23.3 Å². The molecule has 0 aliphatic carbocycles. The van der Waals surface area contributed by atoms with Crippen LogP contribution in [0.25, 0.3) is 5.82 Å². The van der Waals surface area contributed by atoms with Gasteiger partial charge in [-0.3, -0.25) is 4.98 Å². The summed E-state index contributed by atoms with van der Waals surface area (Å²) in [5.41, 5.74) is 0. The molecule has 0 bridgehead atoms. The van der Waals surface area contributed by atoms with E-state index in [0.29, 0.717) is 17.0 Å². The molecule has 2 rings (SSSR count). The molecule has 0 fully saturated rings. The minimum absolute atomic E-state index is 0.645. The van der Waals surface area contributed by atoms with Crippen LogP contribution >= 0.6 is 15.9 Å². The zero-order valence-corrected chi connectivity index (χ0v) is 10.6. The van der Waals surface area contributed by atoms with Crippen molar-refractivity contribution in [3.8, 4) is 5.82 Å². The van der Waals surface area contributed by atoms with Crippen molar-refractivity contribution in [1.82, 2.24) is 29.6 Å². The molecular formula is C9H11BrN6. The number of halogens is 1. The molecule has 0 aliphatic rings. The lowest BCUT2D eigenvalue weighted by atomic mass is 10.6. The van der Waals surface area contributed by atoms with Crippen LogP contribution in [0.4, 0.5) is 0 Å². The van der Waals surface area contributed by atoms with E-state index < -0.39 is 0 Å². The first kappa shape index (κ1) is 11.2. The second-order valence-corrected chi connectivity index (χ2v) is 4.36. The number of rotatable bonds is 3. The van der Waals surface area contributed by atoms with Gasteiger partial charge in [-0.15, -0.1) is 5.10 Å². The summed E-state index contributed by atoms with van der Waals surface area (Å²) in [6.45, 7) is 0.703. The Morgan fingerprint density at radius 3 is 2.88 bits per heavy atom. The van der Waals surface area contributed by atoms with Crippen LogP contribution < -0.4 is 0 Å². The second kappa shape index (κ2) is 4.67. The van der Waals surface area contributed by atoms with Crippen LogP contribution in [0, 0.1) is 0 Å². The van der Waals surface area contributed by atoms with Gasteiger partial charge in [0.15, 0.2) is 11.6 Å². The molecule has 0 unspecified atom stereocenters. The molecular weight excluding hydrogens is 272 g/mol. The third-order valence-electron chi connectivity index (χ3n) is 1.82. The van der Waals surface area contributed by atoms with E-state index >= 15 is 0 Å². The zero-order chi connectivity index (χ0) is 11.5. The van der Waals surface area contributed by atoms with E-state index in [-0.39, 0.29) is 0 Å². The minimum Gasteiger partial charge on any atom is -0.302 e. The summed E-state index contributed by atoms with van der Waals surface area (Å²) >= 11 is 3.26. The van der Waals surface area contributed by atoms with E-state index in [9.17, 15) is 0 Å². The fourth-order valence-electron chi connectivity index (χ4n) is 1.21. The molecule has 2 heterocycles. The van der Waals surface area contributed by atoms with Gasteiger partial charge in [-0.05, 0) is 30.0 Å². The molecule has 0 radical (unpaired) electrons. The molecule has 84 valence electrons. The van der Waals surface area contributed by atoms with Crippen molar-refractivity contribution in [2.45, 2.75) is 6.54 Å². The van der Waals surface area contributed by atoms with E-state index in [1.807, 2.05) is 19.0 Å². The molecule has 0 aromatic carbocycles. The van der Waals surface area contributed by atoms with Gasteiger partial charge in [0.1, 0.15) is 10.9 Å². The third-order valence-corrected chi connectivity index (χ3v) is 2.21. The average Bonchev–Trinajstić information content (AvgIpc) is 2.65. The van der Waals surface area contributed by atoms with Gasteiger partial charge in [-0.25, -0.2) is 14.6 Å². The van der Waals surface area contributed by atoms with E-state index in [1.54, 1.807) is 23.4 Å². The van der Waals surface area contributed by atoms with Crippen molar-refractivity contribution in [3.63, 3.8) is 0 Å². The van der Waals surface area contributed by atoms with Gasteiger partial charge in [0.25, 0.3) is 0 Å². The van der Waals surface area contributed by atoms with Crippen molar-refractivity contribution in [2.75, 3.05) is 14.1 Å². The molecule has 6 nitrogen and oxygen atoms in total. The van der Waals surface area contributed by atoms with Crippen LogP contribution in [0.5, 0.6) is 0 Å². The van der Waals surface area contributed by atoms with Gasteiger partial charge >= 0.3 is 0 Å². The number of nitrogens with zero attached hydrogens (tertiary/aromatic N) is 6. The molecule has 0 N–H and O–H groups in total. The smallest absolute Gasteiger partial charge is 0.174 e. The topological polar surface area (TPSA) is 59.7 Å². The quantitative estimate of drug-likeness (QED) is 0.837. The predicted molar refractivity (Wildman–Crippen MR) is 62.0 cm³/mol. The highest BCUT2D eigenvalue weighted by atomic mass is 79.9. The average molecular weight is 283 g/mol. The van der Waals surface area contributed by atoms with Gasteiger partial charge in [0.05, 0.1) is 18.9 Å². The first-order valence-corrected chi connectivity index (χ1v) is 5.47. The van der Waals surface area contributed by atoms with Gasteiger partial charge in [0.2, 0.25) is 0 Å². The van der Waals surface area contributed by atoms with Gasteiger partial charge < -0.3 is 4.90 Å². The lowest BCUT2D eigenvalue weighted by Crippen LogP contribution is -2.12. The highest BCUT2D eigenvalue weighted by molar-refractivity contribution is 9.10. The van der Waals surface area contributed by atoms with Gasteiger partial charge in [-0.1, -0.05) is 0 Å². The Morgan fingerprint density at radius 1 is 1.38 bits per heavy atom. The number of hydrogen-bond donors (Lipinski definition) is 0. The Labute approximate surface area is 101 Å². The summed E-state index contributed by atoms with van der Waals surface area (Å²) in [4.78, 5) is 14.5. The van der Waals surface area contributed by atoms with E-state index in [1.165, 1.54) is 0 Å². The molecule has 0 atom stereocenters. The fourth-order valence-corrected chi connectivity index (χ4v) is 1.51. The summed E-state index contributed by atoms with van der Waals surface area (Å²) in [5, 5.41) is 4.30. The van der Waals surface area contributed by atoms with Crippen molar-refractivity contribution < 1.29 is 0 Å². The molecule has 0 amide bonds. The van der Waals surface area contributed by atoms with Gasteiger partial charge in [0, 0.05) is 0 Å². The lowest BCUT2D eigenvalue weighted by molar-refractivity contribution is 0.390. The van der Waals surface area contributed by atoms with Crippen LogP contribution in [0.2, 0.25) is 0 Å². The Bertz CT molecular complexity index is 480. The molecule has 0 saturated heterocycles. The summed E-state index contributed by atoms with van der Waals surface area (Å²) in [6.07, 6.45) is 4.90.